The van der Waals surface area contributed by atoms with Gasteiger partial charge in [-0.3, -0.25) is 9.36 Å². The average molecular weight is 375 g/mol. The molecule has 2 aromatic heterocycles. The Kier molecular flexibility index (Phi) is 4.67. The summed E-state index contributed by atoms with van der Waals surface area (Å²) in [4.78, 5) is 21.9. The zero-order chi connectivity index (χ0) is 20.2. The van der Waals surface area contributed by atoms with Gasteiger partial charge in [-0.2, -0.15) is 10.5 Å². The van der Waals surface area contributed by atoms with Crippen molar-refractivity contribution in [3.63, 3.8) is 0 Å². The normalized spacial score (nSPS) is 10.7. The Labute approximate surface area is 166 Å². The molecule has 0 aliphatic rings. The molecule has 0 atom stereocenters. The summed E-state index contributed by atoms with van der Waals surface area (Å²) >= 11 is 0. The van der Waals surface area contributed by atoms with Gasteiger partial charge >= 0.3 is 0 Å². The first-order chi connectivity index (χ1) is 14.2. The first-order valence-electron chi connectivity index (χ1n) is 8.76. The number of pyridine rings is 1. The maximum Gasteiger partial charge on any atom is 0.267 e. The fraction of sp³-hybridized carbons (Fsp3) is 0. The molecule has 0 aliphatic carbocycles. The molecule has 0 aliphatic heterocycles. The second-order valence-corrected chi connectivity index (χ2v) is 6.21. The van der Waals surface area contributed by atoms with Crippen molar-refractivity contribution in [1.29, 1.82) is 10.5 Å². The number of fused-ring (bicyclic) bond motifs is 1. The maximum absolute atomic E-state index is 13.2. The molecule has 0 N–H and O–H groups in total. The van der Waals surface area contributed by atoms with E-state index < -0.39 is 0 Å². The Bertz CT molecular complexity index is 1390. The molecule has 29 heavy (non-hydrogen) atoms. The van der Waals surface area contributed by atoms with E-state index in [-0.39, 0.29) is 5.56 Å². The van der Waals surface area contributed by atoms with Crippen LogP contribution in [-0.4, -0.2) is 14.5 Å². The minimum absolute atomic E-state index is 0.266. The van der Waals surface area contributed by atoms with Gasteiger partial charge in [-0.25, -0.2) is 9.97 Å². The summed E-state index contributed by atoms with van der Waals surface area (Å²) in [6.07, 6.45) is 5.11. The lowest BCUT2D eigenvalue weighted by molar-refractivity contribution is 0.937. The van der Waals surface area contributed by atoms with Gasteiger partial charge in [0.15, 0.2) is 5.65 Å². The Morgan fingerprint density at radius 3 is 2.45 bits per heavy atom. The van der Waals surface area contributed by atoms with Crippen molar-refractivity contribution in [3.8, 4) is 17.8 Å². The Balaban J connectivity index is 1.91. The molecule has 0 radical (unpaired) electrons. The largest absolute Gasteiger partial charge is 0.268 e. The van der Waals surface area contributed by atoms with Gasteiger partial charge in [0.2, 0.25) is 0 Å². The third-order valence-corrected chi connectivity index (χ3v) is 4.37. The number of hydrogen-bond donors (Lipinski definition) is 0. The lowest BCUT2D eigenvalue weighted by atomic mass is 10.1. The Hall–Kier alpha value is -4.55. The van der Waals surface area contributed by atoms with Crippen molar-refractivity contribution in [2.45, 2.75) is 0 Å². The summed E-state index contributed by atoms with van der Waals surface area (Å²) < 4.78 is 1.46. The summed E-state index contributed by atoms with van der Waals surface area (Å²) in [7, 11) is 0. The van der Waals surface area contributed by atoms with Gasteiger partial charge in [0.05, 0.1) is 34.3 Å². The predicted octanol–water partition coefficient (Wildman–Crippen LogP) is 3.69. The van der Waals surface area contributed by atoms with Crippen LogP contribution in [0, 0.1) is 22.7 Å². The van der Waals surface area contributed by atoms with E-state index in [9.17, 15) is 10.1 Å². The second kappa shape index (κ2) is 7.59. The Morgan fingerprint density at radius 2 is 1.69 bits per heavy atom. The van der Waals surface area contributed by atoms with Gasteiger partial charge < -0.3 is 0 Å². The molecular formula is C23H13N5O. The Morgan fingerprint density at radius 1 is 0.897 bits per heavy atom. The van der Waals surface area contributed by atoms with E-state index in [1.54, 1.807) is 60.8 Å². The van der Waals surface area contributed by atoms with E-state index in [2.05, 4.69) is 22.1 Å². The summed E-state index contributed by atoms with van der Waals surface area (Å²) in [5, 5.41) is 18.5. The van der Waals surface area contributed by atoms with Crippen LogP contribution < -0.4 is 5.56 Å². The average Bonchev–Trinajstić information content (AvgIpc) is 2.78. The molecule has 4 aromatic rings. The van der Waals surface area contributed by atoms with Crippen LogP contribution in [0.3, 0.4) is 0 Å². The topological polar surface area (TPSA) is 95.4 Å². The zero-order valence-corrected chi connectivity index (χ0v) is 15.1. The van der Waals surface area contributed by atoms with Gasteiger partial charge in [-0.1, -0.05) is 24.3 Å². The lowest BCUT2D eigenvalue weighted by Gasteiger charge is -2.11. The van der Waals surface area contributed by atoms with Crippen molar-refractivity contribution in [3.05, 3.63) is 99.7 Å². The number of hydrogen-bond acceptors (Lipinski definition) is 5. The SMILES string of the molecule is N#Cc1ccc(/C=C/c2nc3ncccc3c(=O)n2-c2cccc(C#N)c2)cc1. The van der Waals surface area contributed by atoms with Gasteiger partial charge in [0.1, 0.15) is 5.82 Å². The fourth-order valence-corrected chi connectivity index (χ4v) is 2.95. The molecule has 2 aromatic carbocycles. The van der Waals surface area contributed by atoms with Crippen molar-refractivity contribution >= 4 is 23.2 Å². The molecule has 4 rings (SSSR count). The van der Waals surface area contributed by atoms with Crippen LogP contribution >= 0.6 is 0 Å². The third kappa shape index (κ3) is 3.51. The molecule has 0 unspecified atom stereocenters. The third-order valence-electron chi connectivity index (χ3n) is 4.37. The number of rotatable bonds is 3. The van der Waals surface area contributed by atoms with Crippen molar-refractivity contribution in [2.75, 3.05) is 0 Å². The molecule has 0 saturated carbocycles. The highest BCUT2D eigenvalue weighted by molar-refractivity contribution is 5.77. The lowest BCUT2D eigenvalue weighted by Crippen LogP contribution is -2.22. The van der Waals surface area contributed by atoms with Gasteiger partial charge in [-0.05, 0) is 54.1 Å². The summed E-state index contributed by atoms with van der Waals surface area (Å²) in [6, 6.07) is 21.4. The molecule has 0 bridgehead atoms. The quantitative estimate of drug-likeness (QED) is 0.544. The second-order valence-electron chi connectivity index (χ2n) is 6.21. The fourth-order valence-electron chi connectivity index (χ4n) is 2.95. The van der Waals surface area contributed by atoms with Crippen molar-refractivity contribution in [1.82, 2.24) is 14.5 Å². The standard InChI is InChI=1S/C23H13N5O/c24-14-17-8-6-16(7-9-17)10-11-21-27-22-20(5-2-12-26-22)23(29)28(21)19-4-1-3-18(13-19)15-25/h1-13H/b11-10+. The summed E-state index contributed by atoms with van der Waals surface area (Å²) in [5.74, 6) is 0.389. The van der Waals surface area contributed by atoms with Crippen LogP contribution in [0.25, 0.3) is 28.9 Å². The monoisotopic (exact) mass is 375 g/mol. The highest BCUT2D eigenvalue weighted by Gasteiger charge is 2.12. The van der Waals surface area contributed by atoms with Crippen LogP contribution in [0.15, 0.2) is 71.7 Å². The molecule has 0 fully saturated rings. The van der Waals surface area contributed by atoms with Crippen LogP contribution in [0.5, 0.6) is 0 Å². The molecule has 136 valence electrons. The number of nitrogens with zero attached hydrogens (tertiary/aromatic N) is 5. The molecule has 6 heteroatoms. The molecule has 0 amide bonds. The van der Waals surface area contributed by atoms with Crippen LogP contribution in [0.2, 0.25) is 0 Å². The molecular weight excluding hydrogens is 362 g/mol. The maximum atomic E-state index is 13.2. The molecule has 6 nitrogen and oxygen atoms in total. The van der Waals surface area contributed by atoms with E-state index in [4.69, 9.17) is 5.26 Å². The van der Waals surface area contributed by atoms with E-state index in [1.807, 2.05) is 18.2 Å². The highest BCUT2D eigenvalue weighted by Crippen LogP contribution is 2.16. The number of aromatic nitrogens is 3. The molecule has 0 saturated heterocycles. The van der Waals surface area contributed by atoms with E-state index in [0.29, 0.717) is 33.7 Å². The molecule has 2 heterocycles. The smallest absolute Gasteiger partial charge is 0.267 e. The minimum Gasteiger partial charge on any atom is -0.268 e. The molecule has 0 spiro atoms. The predicted molar refractivity (Wildman–Crippen MR) is 110 cm³/mol. The number of benzene rings is 2. The first kappa shape index (κ1) is 17.8. The highest BCUT2D eigenvalue weighted by atomic mass is 16.1. The summed E-state index contributed by atoms with van der Waals surface area (Å²) in [5.41, 5.74) is 2.51. The number of nitriles is 2. The van der Waals surface area contributed by atoms with Gasteiger partial charge in [-0.15, -0.1) is 0 Å². The van der Waals surface area contributed by atoms with Crippen molar-refractivity contribution < 1.29 is 0 Å². The van der Waals surface area contributed by atoms with Crippen LogP contribution in [0.4, 0.5) is 0 Å². The van der Waals surface area contributed by atoms with E-state index in [1.165, 1.54) is 4.57 Å². The van der Waals surface area contributed by atoms with E-state index >= 15 is 0 Å². The first-order valence-corrected chi connectivity index (χ1v) is 8.76. The zero-order valence-electron chi connectivity index (χ0n) is 15.1. The van der Waals surface area contributed by atoms with Crippen LogP contribution in [0.1, 0.15) is 22.5 Å². The van der Waals surface area contributed by atoms with Crippen LogP contribution in [-0.2, 0) is 0 Å². The van der Waals surface area contributed by atoms with Gasteiger partial charge in [0.25, 0.3) is 5.56 Å². The minimum atomic E-state index is -0.266. The van der Waals surface area contributed by atoms with E-state index in [0.717, 1.165) is 5.56 Å². The van der Waals surface area contributed by atoms with Gasteiger partial charge in [0, 0.05) is 6.20 Å². The summed E-state index contributed by atoms with van der Waals surface area (Å²) in [6.45, 7) is 0. The van der Waals surface area contributed by atoms with Crippen molar-refractivity contribution in [2.24, 2.45) is 0 Å².